The second-order valence-electron chi connectivity index (χ2n) is 8.26. The fourth-order valence-corrected chi connectivity index (χ4v) is 5.30. The lowest BCUT2D eigenvalue weighted by Crippen LogP contribution is -2.32. The summed E-state index contributed by atoms with van der Waals surface area (Å²) in [6.07, 6.45) is 1.37. The summed E-state index contributed by atoms with van der Waals surface area (Å²) in [6.45, 7) is 3.58. The highest BCUT2D eigenvalue weighted by molar-refractivity contribution is 7.07. The van der Waals surface area contributed by atoms with Gasteiger partial charge < -0.3 is 9.40 Å². The number of carbonyl (C=O) groups excluding carboxylic acids is 1. The molecule has 0 saturated heterocycles. The molecule has 0 atom stereocenters. The summed E-state index contributed by atoms with van der Waals surface area (Å²) >= 11 is 0.946. The Labute approximate surface area is 213 Å². The van der Waals surface area contributed by atoms with E-state index >= 15 is 0 Å². The number of aromatic amines is 1. The number of nitrogens with zero attached hydrogens (tertiary/aromatic N) is 3. The quantitative estimate of drug-likeness (QED) is 0.217. The molecule has 0 unspecified atom stereocenters. The predicted molar refractivity (Wildman–Crippen MR) is 139 cm³/mol. The van der Waals surface area contributed by atoms with Crippen molar-refractivity contribution in [1.29, 1.82) is 5.26 Å². The van der Waals surface area contributed by atoms with Gasteiger partial charge in [-0.1, -0.05) is 36.4 Å². The van der Waals surface area contributed by atoms with Crippen molar-refractivity contribution in [3.63, 3.8) is 0 Å². The molecule has 0 spiro atoms. The van der Waals surface area contributed by atoms with E-state index in [9.17, 15) is 25.0 Å². The van der Waals surface area contributed by atoms with Crippen molar-refractivity contribution in [3.8, 4) is 11.8 Å². The molecule has 182 valence electrons. The maximum Gasteiger partial charge on any atom is 0.433 e. The molecule has 0 aliphatic heterocycles. The van der Waals surface area contributed by atoms with Gasteiger partial charge in [0.25, 0.3) is 5.56 Å². The number of aromatic nitrogens is 2. The third kappa shape index (κ3) is 4.07. The number of aryl methyl sites for hydroxylation is 2. The van der Waals surface area contributed by atoms with Crippen molar-refractivity contribution in [3.05, 3.63) is 113 Å². The summed E-state index contributed by atoms with van der Waals surface area (Å²) in [6, 6.07) is 19.0. The van der Waals surface area contributed by atoms with Crippen LogP contribution < -0.4 is 14.8 Å². The first-order valence-corrected chi connectivity index (χ1v) is 11.9. The van der Waals surface area contributed by atoms with Gasteiger partial charge >= 0.3 is 5.88 Å². The molecule has 0 amide bonds. The number of thiazole rings is 1. The van der Waals surface area contributed by atoms with Gasteiger partial charge in [0, 0.05) is 22.7 Å². The minimum absolute atomic E-state index is 0.103. The number of fused-ring (bicyclic) bond motifs is 1. The molecule has 3 heterocycles. The van der Waals surface area contributed by atoms with Crippen LogP contribution in [0.15, 0.2) is 69.9 Å². The Morgan fingerprint density at radius 1 is 1.14 bits per heavy atom. The number of nitrogens with one attached hydrogen (secondary N) is 1. The number of carbonyl (C=O) groups is 1. The molecule has 0 saturated carbocycles. The van der Waals surface area contributed by atoms with Crippen LogP contribution in [0.2, 0.25) is 0 Å². The lowest BCUT2D eigenvalue weighted by atomic mass is 10.0. The number of furan rings is 1. The van der Waals surface area contributed by atoms with Gasteiger partial charge in [-0.25, -0.2) is 0 Å². The number of benzene rings is 2. The predicted octanol–water partition coefficient (Wildman–Crippen LogP) is 3.88. The molecule has 0 bridgehead atoms. The van der Waals surface area contributed by atoms with Gasteiger partial charge in [0.1, 0.15) is 27.0 Å². The standard InChI is InChI=1S/C27H18N4O5S/c1-15-7-3-6-10-21(15)30-26(33)22(13-17-11-12-23(36-17)31(34)35)37-27(30)19(14-28)25(32)24-16(2)29-20-9-5-4-8-18(20)24/h3-13,29H,1-2H3. The van der Waals surface area contributed by atoms with E-state index in [1.54, 1.807) is 25.1 Å². The van der Waals surface area contributed by atoms with Gasteiger partial charge in [-0.05, 0) is 37.6 Å². The Morgan fingerprint density at radius 3 is 2.57 bits per heavy atom. The fourth-order valence-electron chi connectivity index (χ4n) is 4.22. The van der Waals surface area contributed by atoms with Crippen LogP contribution in [0, 0.1) is 35.3 Å². The van der Waals surface area contributed by atoms with E-state index in [2.05, 4.69) is 4.98 Å². The summed E-state index contributed by atoms with van der Waals surface area (Å²) < 4.78 is 6.85. The fraction of sp³-hybridized carbons (Fsp3) is 0.0741. The number of hydrogen-bond donors (Lipinski definition) is 1. The zero-order chi connectivity index (χ0) is 26.3. The topological polar surface area (TPSA) is 135 Å². The molecule has 0 fully saturated rings. The zero-order valence-electron chi connectivity index (χ0n) is 19.6. The second-order valence-corrected chi connectivity index (χ2v) is 9.29. The SMILES string of the molecule is Cc1ccccc1-n1c(=C(C#N)C(=O)c2c(C)[nH]c3ccccc23)sc(=Cc2ccc([N+](=O)[O-])o2)c1=O. The highest BCUT2D eigenvalue weighted by Crippen LogP contribution is 2.25. The number of Topliss-reactive ketones (excluding diaryl/α,β-unsaturated/α-hetero) is 1. The molecule has 5 aromatic rings. The first kappa shape index (κ1) is 23.7. The van der Waals surface area contributed by atoms with Crippen molar-refractivity contribution >= 4 is 45.6 Å². The number of hydrogen-bond acceptors (Lipinski definition) is 7. The van der Waals surface area contributed by atoms with Crippen LogP contribution >= 0.6 is 11.3 Å². The van der Waals surface area contributed by atoms with E-state index in [4.69, 9.17) is 4.42 Å². The lowest BCUT2D eigenvalue weighted by Gasteiger charge is -2.07. The molecular weight excluding hydrogens is 492 g/mol. The smallest absolute Gasteiger partial charge is 0.401 e. The average Bonchev–Trinajstić information content (AvgIpc) is 3.56. The second kappa shape index (κ2) is 9.22. The largest absolute Gasteiger partial charge is 0.433 e. The zero-order valence-corrected chi connectivity index (χ0v) is 20.5. The van der Waals surface area contributed by atoms with E-state index in [0.717, 1.165) is 22.4 Å². The first-order valence-electron chi connectivity index (χ1n) is 11.1. The van der Waals surface area contributed by atoms with E-state index < -0.39 is 22.2 Å². The molecular formula is C27H18N4O5S. The summed E-state index contributed by atoms with van der Waals surface area (Å²) in [5.41, 5.74) is 2.33. The number of ketones is 1. The number of H-pyrrole nitrogens is 1. The van der Waals surface area contributed by atoms with Crippen molar-refractivity contribution in [2.24, 2.45) is 0 Å². The highest BCUT2D eigenvalue weighted by Gasteiger charge is 2.23. The summed E-state index contributed by atoms with van der Waals surface area (Å²) in [5, 5.41) is 21.9. The minimum atomic E-state index is -0.674. The van der Waals surface area contributed by atoms with Gasteiger partial charge in [0.2, 0.25) is 5.78 Å². The van der Waals surface area contributed by atoms with Crippen LogP contribution in [0.5, 0.6) is 0 Å². The number of nitro groups is 1. The summed E-state index contributed by atoms with van der Waals surface area (Å²) in [4.78, 5) is 40.9. The van der Waals surface area contributed by atoms with Gasteiger partial charge in [-0.3, -0.25) is 24.3 Å². The van der Waals surface area contributed by atoms with Crippen LogP contribution in [0.25, 0.3) is 28.2 Å². The third-order valence-corrected chi connectivity index (χ3v) is 7.01. The van der Waals surface area contributed by atoms with Gasteiger partial charge in [-0.2, -0.15) is 5.26 Å². The van der Waals surface area contributed by atoms with E-state index in [0.29, 0.717) is 22.3 Å². The van der Waals surface area contributed by atoms with Crippen molar-refractivity contribution in [1.82, 2.24) is 9.55 Å². The molecule has 10 heteroatoms. The monoisotopic (exact) mass is 510 g/mol. The summed E-state index contributed by atoms with van der Waals surface area (Å²) in [7, 11) is 0. The molecule has 2 aromatic carbocycles. The van der Waals surface area contributed by atoms with Crippen molar-refractivity contribution in [2.75, 3.05) is 0 Å². The van der Waals surface area contributed by atoms with Gasteiger partial charge in [0.05, 0.1) is 21.8 Å². The molecule has 0 radical (unpaired) electrons. The van der Waals surface area contributed by atoms with E-state index in [1.165, 1.54) is 22.8 Å². The summed E-state index contributed by atoms with van der Waals surface area (Å²) in [5.74, 6) is -0.872. The van der Waals surface area contributed by atoms with Crippen LogP contribution in [-0.4, -0.2) is 20.3 Å². The molecule has 3 aromatic heterocycles. The molecule has 5 rings (SSSR count). The van der Waals surface area contributed by atoms with Crippen molar-refractivity contribution in [2.45, 2.75) is 13.8 Å². The van der Waals surface area contributed by atoms with Crippen LogP contribution in [0.3, 0.4) is 0 Å². The molecule has 0 aliphatic carbocycles. The van der Waals surface area contributed by atoms with Gasteiger partial charge in [-0.15, -0.1) is 11.3 Å². The van der Waals surface area contributed by atoms with Crippen molar-refractivity contribution < 1.29 is 14.1 Å². The molecule has 0 aliphatic rings. The Bertz CT molecular complexity index is 1950. The van der Waals surface area contributed by atoms with Crippen LogP contribution in [0.1, 0.15) is 27.4 Å². The van der Waals surface area contributed by atoms with Crippen LogP contribution in [-0.2, 0) is 0 Å². The number of rotatable bonds is 5. The lowest BCUT2D eigenvalue weighted by molar-refractivity contribution is -0.402. The Balaban J connectivity index is 1.84. The highest BCUT2D eigenvalue weighted by atomic mass is 32.1. The van der Waals surface area contributed by atoms with Crippen LogP contribution in [0.4, 0.5) is 5.88 Å². The maximum atomic E-state index is 13.8. The molecule has 37 heavy (non-hydrogen) atoms. The number of para-hydroxylation sites is 2. The minimum Gasteiger partial charge on any atom is -0.401 e. The van der Waals surface area contributed by atoms with E-state index in [-0.39, 0.29) is 20.5 Å². The molecule has 1 N–H and O–H groups in total. The average molecular weight is 511 g/mol. The Morgan fingerprint density at radius 2 is 1.86 bits per heavy atom. The first-order chi connectivity index (χ1) is 17.8. The number of nitriles is 1. The Kier molecular flexibility index (Phi) is 5.91. The van der Waals surface area contributed by atoms with E-state index in [1.807, 2.05) is 43.3 Å². The Hall–Kier alpha value is -5.01. The third-order valence-electron chi connectivity index (χ3n) is 5.92. The molecule has 9 nitrogen and oxygen atoms in total. The maximum absolute atomic E-state index is 13.8. The van der Waals surface area contributed by atoms with Gasteiger partial charge in [0.15, 0.2) is 0 Å². The normalized spacial score (nSPS) is 12.5.